The molecule has 0 aliphatic rings. The summed E-state index contributed by atoms with van der Waals surface area (Å²) in [6, 6.07) is 2.12. The average Bonchev–Trinajstić information content (AvgIpc) is 2.20. The van der Waals surface area contributed by atoms with Gasteiger partial charge in [-0.15, -0.1) is 13.2 Å². The summed E-state index contributed by atoms with van der Waals surface area (Å²) in [7, 11) is 1.15. The smallest absolute Gasteiger partial charge is 0.465 e. The van der Waals surface area contributed by atoms with Crippen LogP contribution in [0.15, 0.2) is 12.1 Å². The number of hydrogen-bond donors (Lipinski definition) is 1. The minimum Gasteiger partial charge on any atom is -0.465 e. The van der Waals surface area contributed by atoms with E-state index in [0.717, 1.165) is 13.2 Å². The number of ether oxygens (including phenoxy) is 2. The van der Waals surface area contributed by atoms with E-state index in [2.05, 4.69) is 9.47 Å². The van der Waals surface area contributed by atoms with Gasteiger partial charge in [-0.05, 0) is 18.6 Å². The molecule has 0 bridgehead atoms. The second-order valence-corrected chi connectivity index (χ2v) is 3.24. The van der Waals surface area contributed by atoms with Gasteiger partial charge in [0.2, 0.25) is 0 Å². The molecule has 0 unspecified atom stereocenters. The molecule has 0 radical (unpaired) electrons. The van der Waals surface area contributed by atoms with Gasteiger partial charge in [0, 0.05) is 11.8 Å². The fraction of sp³-hybridized carbons (Fsp3) is 0.300. The van der Waals surface area contributed by atoms with E-state index in [1.54, 1.807) is 0 Å². The molecule has 4 nitrogen and oxygen atoms in total. The number of nitrogen functional groups attached to an aromatic ring is 1. The quantitative estimate of drug-likeness (QED) is 0.645. The number of carbonyl (C=O) groups excluding carboxylic acids is 1. The molecule has 1 aromatic rings. The van der Waals surface area contributed by atoms with Crippen molar-refractivity contribution in [2.45, 2.75) is 13.3 Å². The van der Waals surface area contributed by atoms with Crippen LogP contribution in [0.4, 0.5) is 18.9 Å². The summed E-state index contributed by atoms with van der Waals surface area (Å²) in [5.41, 5.74) is 5.44. The molecular weight excluding hydrogens is 239 g/mol. The highest BCUT2D eigenvalue weighted by Crippen LogP contribution is 2.30. The summed E-state index contributed by atoms with van der Waals surface area (Å²) >= 11 is 0. The molecule has 7 heteroatoms. The Bertz CT molecular complexity index is 443. The van der Waals surface area contributed by atoms with Gasteiger partial charge in [-0.2, -0.15) is 0 Å². The largest absolute Gasteiger partial charge is 0.573 e. The monoisotopic (exact) mass is 249 g/mol. The predicted octanol–water partition coefficient (Wildman–Crippen LogP) is 2.26. The van der Waals surface area contributed by atoms with Gasteiger partial charge in [0.05, 0.1) is 12.7 Å². The van der Waals surface area contributed by atoms with Gasteiger partial charge < -0.3 is 15.2 Å². The molecule has 0 atom stereocenters. The lowest BCUT2D eigenvalue weighted by Gasteiger charge is -2.13. The molecular formula is C10H10F3NO3. The number of esters is 1. The number of halogens is 3. The first-order valence-corrected chi connectivity index (χ1v) is 4.49. The van der Waals surface area contributed by atoms with Crippen LogP contribution >= 0.6 is 0 Å². The molecule has 0 heterocycles. The Balaban J connectivity index is 3.14. The number of alkyl halides is 3. The third-order valence-corrected chi connectivity index (χ3v) is 1.98. The van der Waals surface area contributed by atoms with E-state index in [4.69, 9.17) is 5.73 Å². The van der Waals surface area contributed by atoms with Gasteiger partial charge in [0.15, 0.2) is 0 Å². The van der Waals surface area contributed by atoms with Crippen LogP contribution in [0.5, 0.6) is 5.75 Å². The van der Waals surface area contributed by atoms with Crippen LogP contribution in [-0.4, -0.2) is 19.4 Å². The Labute approximate surface area is 95.1 Å². The number of aryl methyl sites for hydroxylation is 1. The van der Waals surface area contributed by atoms with E-state index in [1.165, 1.54) is 13.0 Å². The van der Waals surface area contributed by atoms with E-state index in [9.17, 15) is 18.0 Å². The van der Waals surface area contributed by atoms with Crippen LogP contribution in [0, 0.1) is 6.92 Å². The fourth-order valence-corrected chi connectivity index (χ4v) is 1.23. The molecule has 0 fully saturated rings. The number of nitrogens with two attached hydrogens (primary N) is 1. The van der Waals surface area contributed by atoms with Crippen molar-refractivity contribution in [1.29, 1.82) is 0 Å². The first kappa shape index (κ1) is 13.1. The Morgan fingerprint density at radius 1 is 1.35 bits per heavy atom. The number of rotatable bonds is 2. The lowest BCUT2D eigenvalue weighted by Crippen LogP contribution is -2.18. The summed E-state index contributed by atoms with van der Waals surface area (Å²) in [6.45, 7) is 1.37. The van der Waals surface area contributed by atoms with Crippen molar-refractivity contribution < 1.29 is 27.4 Å². The van der Waals surface area contributed by atoms with E-state index >= 15 is 0 Å². The number of methoxy groups -OCH3 is 1. The van der Waals surface area contributed by atoms with Crippen molar-refractivity contribution in [1.82, 2.24) is 0 Å². The highest BCUT2D eigenvalue weighted by atomic mass is 19.4. The molecule has 17 heavy (non-hydrogen) atoms. The Kier molecular flexibility index (Phi) is 3.50. The van der Waals surface area contributed by atoms with Gasteiger partial charge in [-0.25, -0.2) is 4.79 Å². The number of hydrogen-bond acceptors (Lipinski definition) is 4. The molecule has 0 saturated carbocycles. The third-order valence-electron chi connectivity index (χ3n) is 1.98. The van der Waals surface area contributed by atoms with Crippen LogP contribution in [0.1, 0.15) is 15.9 Å². The number of benzene rings is 1. The summed E-state index contributed by atoms with van der Waals surface area (Å²) in [5, 5.41) is 0. The van der Waals surface area contributed by atoms with E-state index in [0.29, 0.717) is 0 Å². The first-order valence-electron chi connectivity index (χ1n) is 4.49. The zero-order valence-corrected chi connectivity index (χ0v) is 9.09. The highest BCUT2D eigenvalue weighted by molar-refractivity contribution is 5.95. The second-order valence-electron chi connectivity index (χ2n) is 3.24. The summed E-state index contributed by atoms with van der Waals surface area (Å²) in [5.74, 6) is -1.16. The minimum atomic E-state index is -4.80. The molecule has 0 aliphatic carbocycles. The molecule has 0 aliphatic heterocycles. The van der Waals surface area contributed by atoms with E-state index in [-0.39, 0.29) is 16.8 Å². The maximum Gasteiger partial charge on any atom is 0.573 e. The minimum absolute atomic E-state index is 0.000440. The van der Waals surface area contributed by atoms with Gasteiger partial charge in [-0.1, -0.05) is 0 Å². The zero-order valence-electron chi connectivity index (χ0n) is 9.09. The van der Waals surface area contributed by atoms with Crippen LogP contribution in [-0.2, 0) is 4.74 Å². The Hall–Kier alpha value is -1.92. The molecule has 0 aromatic heterocycles. The van der Waals surface area contributed by atoms with Crippen molar-refractivity contribution in [3.8, 4) is 5.75 Å². The van der Waals surface area contributed by atoms with Crippen LogP contribution in [0.3, 0.4) is 0 Å². The summed E-state index contributed by atoms with van der Waals surface area (Å²) in [4.78, 5) is 11.2. The van der Waals surface area contributed by atoms with Gasteiger partial charge in [-0.3, -0.25) is 0 Å². The second kappa shape index (κ2) is 4.52. The fourth-order valence-electron chi connectivity index (χ4n) is 1.23. The molecule has 94 valence electrons. The zero-order chi connectivity index (χ0) is 13.2. The van der Waals surface area contributed by atoms with Crippen molar-refractivity contribution in [3.63, 3.8) is 0 Å². The SMILES string of the molecule is COC(=O)c1cc(C)c(OC(F)(F)F)cc1N. The highest BCUT2D eigenvalue weighted by Gasteiger charge is 2.32. The van der Waals surface area contributed by atoms with Crippen LogP contribution in [0.25, 0.3) is 0 Å². The standard InChI is InChI=1S/C10H10F3NO3/c1-5-3-6(9(15)16-2)7(14)4-8(5)17-10(11,12)13/h3-4H,14H2,1-2H3. The third kappa shape index (κ3) is 3.27. The van der Waals surface area contributed by atoms with Gasteiger partial charge in [0.1, 0.15) is 5.75 Å². The van der Waals surface area contributed by atoms with Crippen molar-refractivity contribution in [3.05, 3.63) is 23.3 Å². The normalized spacial score (nSPS) is 11.1. The maximum absolute atomic E-state index is 12.0. The van der Waals surface area contributed by atoms with Crippen molar-refractivity contribution in [2.24, 2.45) is 0 Å². The lowest BCUT2D eigenvalue weighted by atomic mass is 10.1. The summed E-state index contributed by atoms with van der Waals surface area (Å²) in [6.07, 6.45) is -4.80. The topological polar surface area (TPSA) is 61.5 Å². The molecule has 1 rings (SSSR count). The molecule has 0 saturated heterocycles. The summed E-state index contributed by atoms with van der Waals surface area (Å²) < 4.78 is 44.3. The molecule has 0 amide bonds. The Morgan fingerprint density at radius 2 is 1.94 bits per heavy atom. The predicted molar refractivity (Wildman–Crippen MR) is 53.6 cm³/mol. The lowest BCUT2D eigenvalue weighted by molar-refractivity contribution is -0.274. The van der Waals surface area contributed by atoms with Crippen LogP contribution < -0.4 is 10.5 Å². The van der Waals surface area contributed by atoms with Crippen LogP contribution in [0.2, 0.25) is 0 Å². The number of anilines is 1. The number of carbonyl (C=O) groups is 1. The van der Waals surface area contributed by atoms with Crippen molar-refractivity contribution >= 4 is 11.7 Å². The molecule has 2 N–H and O–H groups in total. The Morgan fingerprint density at radius 3 is 2.41 bits per heavy atom. The average molecular weight is 249 g/mol. The van der Waals surface area contributed by atoms with E-state index in [1.807, 2.05) is 0 Å². The van der Waals surface area contributed by atoms with Gasteiger partial charge >= 0.3 is 12.3 Å². The van der Waals surface area contributed by atoms with E-state index < -0.39 is 18.1 Å². The maximum atomic E-state index is 12.0. The molecule has 1 aromatic carbocycles. The van der Waals surface area contributed by atoms with Gasteiger partial charge in [0.25, 0.3) is 0 Å². The van der Waals surface area contributed by atoms with Crippen molar-refractivity contribution in [2.75, 3.05) is 12.8 Å². The molecule has 0 spiro atoms. The first-order chi connectivity index (χ1) is 7.74.